The van der Waals surface area contributed by atoms with E-state index in [1.165, 1.54) is 0 Å². The Morgan fingerprint density at radius 1 is 1.27 bits per heavy atom. The summed E-state index contributed by atoms with van der Waals surface area (Å²) in [5.74, 6) is -1.20. The van der Waals surface area contributed by atoms with E-state index in [-0.39, 0.29) is 6.42 Å². The van der Waals surface area contributed by atoms with E-state index in [0.717, 1.165) is 12.4 Å². The fourth-order valence-electron chi connectivity index (χ4n) is 2.76. The number of nitriles is 1. The molecule has 0 aromatic carbocycles. The monoisotopic (exact) mass is 370 g/mol. The molecule has 26 heavy (non-hydrogen) atoms. The van der Waals surface area contributed by atoms with Crippen LogP contribution in [0.2, 0.25) is 0 Å². The molecule has 9 heteroatoms. The number of rotatable bonds is 2. The standard InChI is InChI=1S/C17H21F3N4O2/c1-15(2,3)26-14(25)24-6-4-16(11-21,5-7-24)8-12-9-22-13(23-10-12)17(18,19)20/h9-10H,4-8H2,1-3H3. The van der Waals surface area contributed by atoms with Crippen molar-refractivity contribution in [3.05, 3.63) is 23.8 Å². The van der Waals surface area contributed by atoms with Crippen LogP contribution in [0.15, 0.2) is 12.4 Å². The molecular formula is C17H21F3N4O2. The number of carbonyl (C=O) groups excluding carboxylic acids is 1. The van der Waals surface area contributed by atoms with Crippen LogP contribution in [0.1, 0.15) is 45.0 Å². The Morgan fingerprint density at radius 3 is 2.23 bits per heavy atom. The Balaban J connectivity index is 2.01. The average Bonchev–Trinajstić information content (AvgIpc) is 2.53. The maximum Gasteiger partial charge on any atom is 0.451 e. The average molecular weight is 370 g/mol. The van der Waals surface area contributed by atoms with Crippen LogP contribution < -0.4 is 0 Å². The van der Waals surface area contributed by atoms with Gasteiger partial charge in [-0.25, -0.2) is 14.8 Å². The van der Waals surface area contributed by atoms with Gasteiger partial charge in [0.25, 0.3) is 0 Å². The molecule has 1 aromatic heterocycles. The van der Waals surface area contributed by atoms with Crippen LogP contribution in [0.25, 0.3) is 0 Å². The van der Waals surface area contributed by atoms with Gasteiger partial charge in [-0.3, -0.25) is 0 Å². The zero-order valence-corrected chi connectivity index (χ0v) is 14.9. The van der Waals surface area contributed by atoms with Gasteiger partial charge in [-0.05, 0) is 45.6 Å². The van der Waals surface area contributed by atoms with E-state index < -0.39 is 29.1 Å². The van der Waals surface area contributed by atoms with Crippen molar-refractivity contribution in [2.45, 2.75) is 51.8 Å². The minimum atomic E-state index is -4.59. The van der Waals surface area contributed by atoms with Gasteiger partial charge in [0.15, 0.2) is 0 Å². The Kier molecular flexibility index (Phi) is 5.44. The van der Waals surface area contributed by atoms with Crippen LogP contribution in [0.4, 0.5) is 18.0 Å². The van der Waals surface area contributed by atoms with Gasteiger partial charge in [-0.1, -0.05) is 0 Å². The lowest BCUT2D eigenvalue weighted by Gasteiger charge is -2.37. The van der Waals surface area contributed by atoms with Gasteiger partial charge in [0, 0.05) is 25.5 Å². The maximum absolute atomic E-state index is 12.5. The van der Waals surface area contributed by atoms with E-state index in [9.17, 15) is 23.2 Å². The first kappa shape index (κ1) is 19.9. The number of alkyl halides is 3. The molecule has 2 heterocycles. The molecule has 0 saturated carbocycles. The summed E-state index contributed by atoms with van der Waals surface area (Å²) in [6.45, 7) is 6.03. The quantitative estimate of drug-likeness (QED) is 0.795. The highest BCUT2D eigenvalue weighted by molar-refractivity contribution is 5.68. The van der Waals surface area contributed by atoms with Crippen molar-refractivity contribution in [3.63, 3.8) is 0 Å². The normalized spacial score (nSPS) is 17.5. The van der Waals surface area contributed by atoms with Gasteiger partial charge < -0.3 is 9.64 Å². The molecule has 0 N–H and O–H groups in total. The fraction of sp³-hybridized carbons (Fsp3) is 0.647. The maximum atomic E-state index is 12.5. The Labute approximate surface area is 150 Å². The first-order valence-electron chi connectivity index (χ1n) is 8.21. The van der Waals surface area contributed by atoms with Gasteiger partial charge in [-0.2, -0.15) is 18.4 Å². The number of carbonyl (C=O) groups is 1. The minimum absolute atomic E-state index is 0.240. The number of likely N-dealkylation sites (tertiary alicyclic amines) is 1. The van der Waals surface area contributed by atoms with Crippen LogP contribution in [-0.4, -0.2) is 39.7 Å². The Morgan fingerprint density at radius 2 is 1.81 bits per heavy atom. The van der Waals surface area contributed by atoms with E-state index in [2.05, 4.69) is 16.0 Å². The number of ether oxygens (including phenoxy) is 1. The van der Waals surface area contributed by atoms with Crippen molar-refractivity contribution in [2.24, 2.45) is 5.41 Å². The van der Waals surface area contributed by atoms with Crippen LogP contribution >= 0.6 is 0 Å². The molecule has 0 unspecified atom stereocenters. The van der Waals surface area contributed by atoms with Crippen LogP contribution in [0.5, 0.6) is 0 Å². The molecule has 1 aliphatic rings. The predicted octanol–water partition coefficient (Wildman–Crippen LogP) is 3.58. The van der Waals surface area contributed by atoms with Crippen molar-refractivity contribution in [1.82, 2.24) is 14.9 Å². The molecule has 1 aromatic rings. The molecule has 1 aliphatic heterocycles. The van der Waals surface area contributed by atoms with Crippen LogP contribution in [0.3, 0.4) is 0 Å². The minimum Gasteiger partial charge on any atom is -0.444 e. The first-order chi connectivity index (χ1) is 11.9. The summed E-state index contributed by atoms with van der Waals surface area (Å²) in [5.41, 5.74) is -0.898. The van der Waals surface area contributed by atoms with E-state index in [1.807, 2.05) is 0 Å². The van der Waals surface area contributed by atoms with Crippen molar-refractivity contribution in [1.29, 1.82) is 5.26 Å². The summed E-state index contributed by atoms with van der Waals surface area (Å²) in [5, 5.41) is 9.59. The molecule has 0 atom stereocenters. The fourth-order valence-corrected chi connectivity index (χ4v) is 2.76. The molecule has 1 amide bonds. The summed E-state index contributed by atoms with van der Waals surface area (Å²) in [6, 6.07) is 2.26. The smallest absolute Gasteiger partial charge is 0.444 e. The van der Waals surface area contributed by atoms with Crippen molar-refractivity contribution >= 4 is 6.09 Å². The number of halogens is 3. The zero-order valence-electron chi connectivity index (χ0n) is 14.9. The highest BCUT2D eigenvalue weighted by Gasteiger charge is 2.38. The van der Waals surface area contributed by atoms with Gasteiger partial charge >= 0.3 is 12.3 Å². The highest BCUT2D eigenvalue weighted by Crippen LogP contribution is 2.35. The number of amides is 1. The van der Waals surface area contributed by atoms with Crippen LogP contribution in [-0.2, 0) is 17.3 Å². The SMILES string of the molecule is CC(C)(C)OC(=O)N1CCC(C#N)(Cc2cnc(C(F)(F)F)nc2)CC1. The first-order valence-corrected chi connectivity index (χ1v) is 8.21. The van der Waals surface area contributed by atoms with E-state index in [1.54, 1.807) is 25.7 Å². The van der Waals surface area contributed by atoms with E-state index in [0.29, 0.717) is 31.5 Å². The Bertz CT molecular complexity index is 682. The third-order valence-electron chi connectivity index (χ3n) is 4.11. The van der Waals surface area contributed by atoms with Gasteiger partial charge in [0.05, 0.1) is 11.5 Å². The summed E-state index contributed by atoms with van der Waals surface area (Å²) < 4.78 is 42.9. The molecule has 0 spiro atoms. The summed E-state index contributed by atoms with van der Waals surface area (Å²) >= 11 is 0. The zero-order chi connectivity index (χ0) is 19.6. The van der Waals surface area contributed by atoms with E-state index in [4.69, 9.17) is 4.74 Å². The molecule has 1 saturated heterocycles. The number of hydrogen-bond acceptors (Lipinski definition) is 5. The second-order valence-electron chi connectivity index (χ2n) is 7.45. The molecule has 0 aliphatic carbocycles. The number of aromatic nitrogens is 2. The second-order valence-corrected chi connectivity index (χ2v) is 7.45. The van der Waals surface area contributed by atoms with Crippen molar-refractivity contribution < 1.29 is 22.7 Å². The second kappa shape index (κ2) is 7.09. The summed E-state index contributed by atoms with van der Waals surface area (Å²) in [7, 11) is 0. The molecule has 6 nitrogen and oxygen atoms in total. The molecule has 1 fully saturated rings. The van der Waals surface area contributed by atoms with Crippen molar-refractivity contribution in [2.75, 3.05) is 13.1 Å². The molecule has 2 rings (SSSR count). The lowest BCUT2D eigenvalue weighted by molar-refractivity contribution is -0.145. The molecule has 142 valence electrons. The van der Waals surface area contributed by atoms with Crippen LogP contribution in [0, 0.1) is 16.7 Å². The largest absolute Gasteiger partial charge is 0.451 e. The molecule has 0 bridgehead atoms. The summed E-state index contributed by atoms with van der Waals surface area (Å²) in [6.07, 6.45) is -1.76. The number of hydrogen-bond donors (Lipinski definition) is 0. The van der Waals surface area contributed by atoms with Crippen molar-refractivity contribution in [3.8, 4) is 6.07 Å². The van der Waals surface area contributed by atoms with Gasteiger partial charge in [0.2, 0.25) is 5.82 Å². The predicted molar refractivity (Wildman–Crippen MR) is 85.8 cm³/mol. The lowest BCUT2D eigenvalue weighted by Crippen LogP contribution is -2.45. The van der Waals surface area contributed by atoms with Gasteiger partial charge in [0.1, 0.15) is 5.60 Å². The van der Waals surface area contributed by atoms with Gasteiger partial charge in [-0.15, -0.1) is 0 Å². The summed E-state index contributed by atoms with van der Waals surface area (Å²) in [4.78, 5) is 20.3. The number of nitrogens with zero attached hydrogens (tertiary/aromatic N) is 4. The number of piperidine rings is 1. The lowest BCUT2D eigenvalue weighted by atomic mass is 9.75. The highest BCUT2D eigenvalue weighted by atomic mass is 19.4. The molecule has 0 radical (unpaired) electrons. The Hall–Kier alpha value is -2.37. The third kappa shape index (κ3) is 5.07. The topological polar surface area (TPSA) is 79.1 Å². The van der Waals surface area contributed by atoms with E-state index >= 15 is 0 Å². The molecular weight excluding hydrogens is 349 g/mol. The third-order valence-corrected chi connectivity index (χ3v) is 4.11.